The van der Waals surface area contributed by atoms with Crippen LogP contribution in [0.5, 0.6) is 5.75 Å². The third-order valence-corrected chi connectivity index (χ3v) is 9.13. The van der Waals surface area contributed by atoms with Gasteiger partial charge in [0.25, 0.3) is 0 Å². The molecule has 6 nitrogen and oxygen atoms in total. The van der Waals surface area contributed by atoms with E-state index in [0.717, 1.165) is 66.7 Å². The number of anilines is 1. The Hall–Kier alpha value is -2.90. The second-order valence-electron chi connectivity index (χ2n) is 10.2. The molecular formula is C28H31N3O3S. The molecule has 35 heavy (non-hydrogen) atoms. The van der Waals surface area contributed by atoms with Crippen molar-refractivity contribution in [3.63, 3.8) is 0 Å². The monoisotopic (exact) mass is 489 g/mol. The van der Waals surface area contributed by atoms with Crippen LogP contribution in [0.3, 0.4) is 0 Å². The molecule has 3 heterocycles. The molecule has 1 aromatic heterocycles. The fourth-order valence-corrected chi connectivity index (χ4v) is 6.72. The van der Waals surface area contributed by atoms with Crippen molar-refractivity contribution in [2.75, 3.05) is 24.5 Å². The maximum atomic E-state index is 11.6. The van der Waals surface area contributed by atoms with E-state index >= 15 is 0 Å². The molecule has 2 atom stereocenters. The van der Waals surface area contributed by atoms with Crippen LogP contribution in [0.4, 0.5) is 5.13 Å². The number of aliphatic carboxylic acids is 1. The zero-order chi connectivity index (χ0) is 24.2. The third kappa shape index (κ3) is 3.91. The summed E-state index contributed by atoms with van der Waals surface area (Å²) in [4.78, 5) is 18.9. The lowest BCUT2D eigenvalue weighted by molar-refractivity contribution is -0.144. The van der Waals surface area contributed by atoms with Gasteiger partial charge in [0.05, 0.1) is 11.1 Å². The average molecular weight is 490 g/mol. The molecule has 3 aromatic rings. The number of aromatic nitrogens is 1. The Morgan fingerprint density at radius 1 is 1.31 bits per heavy atom. The minimum atomic E-state index is -0.630. The van der Waals surface area contributed by atoms with E-state index in [4.69, 9.17) is 9.72 Å². The molecule has 1 saturated carbocycles. The molecular weight excluding hydrogens is 458 g/mol. The van der Waals surface area contributed by atoms with E-state index in [0.29, 0.717) is 13.0 Å². The average Bonchev–Trinajstić information content (AvgIpc) is 3.42. The van der Waals surface area contributed by atoms with Crippen LogP contribution in [-0.2, 0) is 24.4 Å². The number of benzene rings is 2. The number of ether oxygens (including phenoxy) is 1. The molecule has 2 aliphatic heterocycles. The van der Waals surface area contributed by atoms with Crippen molar-refractivity contribution in [2.45, 2.75) is 46.3 Å². The highest BCUT2D eigenvalue weighted by Crippen LogP contribution is 2.58. The number of para-hydroxylation sites is 1. The molecule has 2 aromatic carbocycles. The van der Waals surface area contributed by atoms with Gasteiger partial charge in [-0.05, 0) is 79.5 Å². The smallest absolute Gasteiger partial charge is 0.310 e. The molecule has 0 radical (unpaired) electrons. The van der Waals surface area contributed by atoms with Crippen molar-refractivity contribution in [3.05, 3.63) is 63.5 Å². The summed E-state index contributed by atoms with van der Waals surface area (Å²) < 4.78 is 6.47. The number of carboxylic acids is 1. The van der Waals surface area contributed by atoms with Gasteiger partial charge in [0.15, 0.2) is 5.13 Å². The van der Waals surface area contributed by atoms with Crippen molar-refractivity contribution in [3.8, 4) is 17.0 Å². The Balaban J connectivity index is 1.21. The molecule has 182 valence electrons. The van der Waals surface area contributed by atoms with E-state index in [1.807, 2.05) is 0 Å². The summed E-state index contributed by atoms with van der Waals surface area (Å²) in [5.41, 5.74) is 7.99. The molecule has 0 unspecified atom stereocenters. The van der Waals surface area contributed by atoms with Crippen molar-refractivity contribution in [2.24, 2.45) is 11.3 Å². The first kappa shape index (κ1) is 22.6. The largest absolute Gasteiger partial charge is 0.488 e. The second kappa shape index (κ2) is 8.64. The molecule has 7 heteroatoms. The molecule has 0 bridgehead atoms. The second-order valence-corrected chi connectivity index (χ2v) is 11.1. The lowest BCUT2D eigenvalue weighted by Crippen LogP contribution is -2.37. The Morgan fingerprint density at radius 3 is 3.03 bits per heavy atom. The highest BCUT2D eigenvalue weighted by Gasteiger charge is 2.62. The third-order valence-electron chi connectivity index (χ3n) is 8.22. The minimum absolute atomic E-state index is 0.245. The number of fused-ring (bicyclic) bond motifs is 2. The van der Waals surface area contributed by atoms with Gasteiger partial charge in [0.2, 0.25) is 0 Å². The van der Waals surface area contributed by atoms with E-state index in [1.165, 1.54) is 22.3 Å². The van der Waals surface area contributed by atoms with Gasteiger partial charge in [-0.1, -0.05) is 24.3 Å². The normalized spacial score (nSPS) is 22.9. The maximum Gasteiger partial charge on any atom is 0.310 e. The number of carbonyl (C=O) groups is 1. The number of aryl methyl sites for hydroxylation is 1. The van der Waals surface area contributed by atoms with E-state index in [9.17, 15) is 9.90 Å². The quantitative estimate of drug-likeness (QED) is 0.510. The highest BCUT2D eigenvalue weighted by molar-refractivity contribution is 7.14. The Morgan fingerprint density at radius 2 is 2.20 bits per heavy atom. The van der Waals surface area contributed by atoms with Crippen molar-refractivity contribution >= 4 is 22.4 Å². The van der Waals surface area contributed by atoms with Crippen LogP contribution < -0.4 is 15.0 Å². The number of nitrogens with zero attached hydrogens (tertiary/aromatic N) is 2. The first-order valence-electron chi connectivity index (χ1n) is 12.4. The van der Waals surface area contributed by atoms with Crippen LogP contribution in [-0.4, -0.2) is 35.7 Å². The summed E-state index contributed by atoms with van der Waals surface area (Å²) in [6.45, 7) is 8.34. The van der Waals surface area contributed by atoms with Gasteiger partial charge in [0.1, 0.15) is 12.4 Å². The van der Waals surface area contributed by atoms with Crippen LogP contribution in [0.2, 0.25) is 0 Å². The van der Waals surface area contributed by atoms with Gasteiger partial charge >= 0.3 is 5.97 Å². The first-order chi connectivity index (χ1) is 17.0. The van der Waals surface area contributed by atoms with Crippen LogP contribution in [0, 0.1) is 25.2 Å². The summed E-state index contributed by atoms with van der Waals surface area (Å²) in [6.07, 6.45) is 2.57. The Labute approximate surface area is 210 Å². The van der Waals surface area contributed by atoms with Crippen LogP contribution >= 0.6 is 11.3 Å². The summed E-state index contributed by atoms with van der Waals surface area (Å²) in [5.74, 6) is 0.498. The molecule has 6 rings (SSSR count). The van der Waals surface area contributed by atoms with Gasteiger partial charge < -0.3 is 20.1 Å². The van der Waals surface area contributed by atoms with E-state index in [1.54, 1.807) is 11.3 Å². The van der Waals surface area contributed by atoms with Crippen molar-refractivity contribution in [1.82, 2.24) is 10.3 Å². The first-order valence-corrected chi connectivity index (χ1v) is 13.3. The molecule has 2 fully saturated rings. The number of hydrogen-bond donors (Lipinski definition) is 2. The van der Waals surface area contributed by atoms with Gasteiger partial charge in [0, 0.05) is 30.6 Å². The number of piperidine rings is 1. The van der Waals surface area contributed by atoms with Crippen LogP contribution in [0.1, 0.15) is 40.7 Å². The van der Waals surface area contributed by atoms with Crippen molar-refractivity contribution < 1.29 is 14.6 Å². The number of hydrogen-bond acceptors (Lipinski definition) is 6. The highest BCUT2D eigenvalue weighted by atomic mass is 32.1. The zero-order valence-electron chi connectivity index (χ0n) is 20.3. The number of rotatable bonds is 6. The number of thiazole rings is 1. The summed E-state index contributed by atoms with van der Waals surface area (Å²) in [7, 11) is 0. The minimum Gasteiger partial charge on any atom is -0.488 e. The lowest BCUT2D eigenvalue weighted by Gasteiger charge is -2.29. The predicted molar refractivity (Wildman–Crippen MR) is 138 cm³/mol. The topological polar surface area (TPSA) is 74.7 Å². The van der Waals surface area contributed by atoms with Crippen molar-refractivity contribution in [1.29, 1.82) is 0 Å². The van der Waals surface area contributed by atoms with Gasteiger partial charge in [-0.2, -0.15) is 0 Å². The van der Waals surface area contributed by atoms with Gasteiger partial charge in [-0.15, -0.1) is 11.3 Å². The molecule has 3 aliphatic rings. The number of nitrogens with one attached hydrogen (secondary N) is 1. The summed E-state index contributed by atoms with van der Waals surface area (Å²) >= 11 is 1.63. The van der Waals surface area contributed by atoms with Crippen LogP contribution in [0.25, 0.3) is 11.3 Å². The molecule has 0 spiro atoms. The van der Waals surface area contributed by atoms with Crippen LogP contribution in [0.15, 0.2) is 35.7 Å². The maximum absolute atomic E-state index is 11.6. The number of carboxylic acid groups (broad SMARTS) is 1. The molecule has 0 amide bonds. The van der Waals surface area contributed by atoms with Gasteiger partial charge in [-0.25, -0.2) is 4.98 Å². The van der Waals surface area contributed by atoms with Gasteiger partial charge in [-0.3, -0.25) is 4.79 Å². The molecule has 1 aliphatic carbocycles. The Kier molecular flexibility index (Phi) is 5.57. The fourth-order valence-electron chi connectivity index (χ4n) is 5.86. The predicted octanol–water partition coefficient (Wildman–Crippen LogP) is 4.95. The molecule has 2 N–H and O–H groups in total. The Bertz CT molecular complexity index is 1300. The van der Waals surface area contributed by atoms with E-state index in [2.05, 4.69) is 59.8 Å². The zero-order valence-corrected chi connectivity index (χ0v) is 21.1. The standard InChI is InChI=1S/C28H31N3O3S/c1-17-4-3-5-23(25(17)34-15-20-7-6-19-13-29-10-8-22(19)18(20)2)24-16-35-27(30-24)31-11-9-28(26(32)33)12-21(28)14-31/h3-7,16,21,29H,8-15H2,1-2H3,(H,32,33)/t21-,28+/m0/s1. The van der Waals surface area contributed by atoms with E-state index < -0.39 is 11.4 Å². The lowest BCUT2D eigenvalue weighted by atomic mass is 9.93. The SMILES string of the molecule is Cc1cccc(-c2csc(N3CC[C@@]4(C(=O)O)C[C@H]4C3)n2)c1OCc1ccc2c(c1C)CCNC2. The fraction of sp³-hybridized carbons (Fsp3) is 0.429. The summed E-state index contributed by atoms with van der Waals surface area (Å²) in [6, 6.07) is 10.7. The molecule has 1 saturated heterocycles. The van der Waals surface area contributed by atoms with E-state index in [-0.39, 0.29) is 5.92 Å². The summed E-state index contributed by atoms with van der Waals surface area (Å²) in [5, 5.41) is 16.1.